The first kappa shape index (κ1) is 18.4. The number of piperazine rings is 1. The molecular weight excluding hydrogens is 370 g/mol. The minimum absolute atomic E-state index is 0.101. The second-order valence-electron chi connectivity index (χ2n) is 6.49. The molecule has 2 aromatic heterocycles. The average Bonchev–Trinajstić information content (AvgIpc) is 2.79. The molecule has 1 aliphatic heterocycles. The molecule has 0 N–H and O–H groups in total. The summed E-state index contributed by atoms with van der Waals surface area (Å²) in [6.07, 6.45) is 5.49. The fourth-order valence-corrected chi connectivity index (χ4v) is 3.89. The second-order valence-corrected chi connectivity index (χ2v) is 7.34. The minimum atomic E-state index is 0.101. The van der Waals surface area contributed by atoms with Gasteiger partial charge in [-0.25, -0.2) is 0 Å². The van der Waals surface area contributed by atoms with Crippen LogP contribution >= 0.6 is 11.8 Å². The molecule has 1 aliphatic rings. The monoisotopic (exact) mass is 391 g/mol. The Morgan fingerprint density at radius 3 is 2.36 bits per heavy atom. The summed E-state index contributed by atoms with van der Waals surface area (Å²) in [7, 11) is 0. The molecule has 142 valence electrons. The normalized spacial score (nSPS) is 14.2. The average molecular weight is 392 g/mol. The summed E-state index contributed by atoms with van der Waals surface area (Å²) in [6.45, 7) is 2.84. The maximum Gasteiger partial charge on any atom is 0.255 e. The van der Waals surface area contributed by atoms with Gasteiger partial charge in [-0.15, -0.1) is 22.0 Å². The molecule has 0 bridgehead atoms. The van der Waals surface area contributed by atoms with E-state index in [-0.39, 0.29) is 5.91 Å². The van der Waals surface area contributed by atoms with E-state index in [9.17, 15) is 4.79 Å². The lowest BCUT2D eigenvalue weighted by Crippen LogP contribution is -2.49. The van der Waals surface area contributed by atoms with Crippen molar-refractivity contribution in [3.8, 4) is 11.3 Å². The highest BCUT2D eigenvalue weighted by Gasteiger charge is 2.24. The number of hydrogen-bond acceptors (Lipinski definition) is 6. The molecule has 0 saturated carbocycles. The van der Waals surface area contributed by atoms with Gasteiger partial charge in [-0.2, -0.15) is 0 Å². The van der Waals surface area contributed by atoms with Crippen molar-refractivity contribution in [2.24, 2.45) is 0 Å². The molecule has 1 aromatic carbocycles. The summed E-state index contributed by atoms with van der Waals surface area (Å²) < 4.78 is 0. The standard InChI is InChI=1S/C21H21N5OS/c1-28-19-5-3-2-4-17(19)21(27)26-14-12-25(13-15-26)20-7-6-18(23-24-20)16-8-10-22-11-9-16/h2-11H,12-15H2,1H3. The van der Waals surface area contributed by atoms with E-state index in [0.717, 1.165) is 40.6 Å². The van der Waals surface area contributed by atoms with E-state index in [2.05, 4.69) is 20.1 Å². The van der Waals surface area contributed by atoms with Crippen LogP contribution in [-0.2, 0) is 0 Å². The molecule has 1 saturated heterocycles. The topological polar surface area (TPSA) is 62.2 Å². The maximum atomic E-state index is 12.9. The van der Waals surface area contributed by atoms with Crippen molar-refractivity contribution in [1.82, 2.24) is 20.1 Å². The molecule has 1 amide bonds. The third-order valence-corrected chi connectivity index (χ3v) is 5.65. The number of pyridine rings is 1. The van der Waals surface area contributed by atoms with Crippen molar-refractivity contribution in [2.45, 2.75) is 4.90 Å². The lowest BCUT2D eigenvalue weighted by atomic mass is 10.1. The molecular formula is C21H21N5OS. The largest absolute Gasteiger partial charge is 0.352 e. The van der Waals surface area contributed by atoms with Crippen molar-refractivity contribution in [3.63, 3.8) is 0 Å². The zero-order chi connectivity index (χ0) is 19.3. The number of thioether (sulfide) groups is 1. The number of rotatable bonds is 4. The van der Waals surface area contributed by atoms with Crippen molar-refractivity contribution < 1.29 is 4.79 Å². The minimum Gasteiger partial charge on any atom is -0.352 e. The van der Waals surface area contributed by atoms with E-state index in [4.69, 9.17) is 0 Å². The number of amides is 1. The fraction of sp³-hybridized carbons (Fsp3) is 0.238. The lowest BCUT2D eigenvalue weighted by molar-refractivity contribution is 0.0743. The molecule has 0 aliphatic carbocycles. The van der Waals surface area contributed by atoms with Gasteiger partial charge in [-0.05, 0) is 42.7 Å². The fourth-order valence-electron chi connectivity index (χ4n) is 3.30. The summed E-state index contributed by atoms with van der Waals surface area (Å²) in [5, 5.41) is 8.73. The van der Waals surface area contributed by atoms with E-state index in [0.29, 0.717) is 13.1 Å². The van der Waals surface area contributed by atoms with E-state index in [1.54, 1.807) is 24.2 Å². The highest BCUT2D eigenvalue weighted by molar-refractivity contribution is 7.98. The first-order valence-electron chi connectivity index (χ1n) is 9.17. The predicted octanol–water partition coefficient (Wildman–Crippen LogP) is 3.22. The van der Waals surface area contributed by atoms with Gasteiger partial charge in [0.2, 0.25) is 0 Å². The summed E-state index contributed by atoms with van der Waals surface area (Å²) in [4.78, 5) is 22.0. The number of carbonyl (C=O) groups excluding carboxylic acids is 1. The Morgan fingerprint density at radius 1 is 0.929 bits per heavy atom. The van der Waals surface area contributed by atoms with Gasteiger partial charge in [0.05, 0.1) is 11.3 Å². The van der Waals surface area contributed by atoms with Gasteiger partial charge >= 0.3 is 0 Å². The van der Waals surface area contributed by atoms with Crippen LogP contribution in [0.15, 0.2) is 65.8 Å². The zero-order valence-electron chi connectivity index (χ0n) is 15.7. The molecule has 3 aromatic rings. The third-order valence-electron chi connectivity index (χ3n) is 4.85. The third kappa shape index (κ3) is 3.84. The van der Waals surface area contributed by atoms with Crippen LogP contribution in [-0.4, -0.2) is 58.4 Å². The Bertz CT molecular complexity index is 941. The van der Waals surface area contributed by atoms with Gasteiger partial charge in [-0.3, -0.25) is 9.78 Å². The predicted molar refractivity (Wildman–Crippen MR) is 112 cm³/mol. The van der Waals surface area contributed by atoms with E-state index >= 15 is 0 Å². The van der Waals surface area contributed by atoms with Crippen molar-refractivity contribution >= 4 is 23.5 Å². The summed E-state index contributed by atoms with van der Waals surface area (Å²) in [5.74, 6) is 0.943. The van der Waals surface area contributed by atoms with Gasteiger partial charge in [0, 0.05) is 49.0 Å². The lowest BCUT2D eigenvalue weighted by Gasteiger charge is -2.35. The zero-order valence-corrected chi connectivity index (χ0v) is 16.5. The van der Waals surface area contributed by atoms with E-state index in [1.165, 1.54) is 0 Å². The molecule has 7 heteroatoms. The molecule has 0 radical (unpaired) electrons. The van der Waals surface area contributed by atoms with Crippen LogP contribution in [0.5, 0.6) is 0 Å². The molecule has 0 unspecified atom stereocenters. The molecule has 6 nitrogen and oxygen atoms in total. The molecule has 0 atom stereocenters. The molecule has 4 rings (SSSR count). The summed E-state index contributed by atoms with van der Waals surface area (Å²) in [6, 6.07) is 15.6. The number of carbonyl (C=O) groups is 1. The molecule has 3 heterocycles. The SMILES string of the molecule is CSc1ccccc1C(=O)N1CCN(c2ccc(-c3ccncc3)nn2)CC1. The first-order chi connectivity index (χ1) is 13.8. The Labute approximate surface area is 168 Å². The smallest absolute Gasteiger partial charge is 0.255 e. The number of anilines is 1. The molecule has 1 fully saturated rings. The first-order valence-corrected chi connectivity index (χ1v) is 10.4. The maximum absolute atomic E-state index is 12.9. The van der Waals surface area contributed by atoms with Crippen LogP contribution in [0.25, 0.3) is 11.3 Å². The highest BCUT2D eigenvalue weighted by Crippen LogP contribution is 2.23. The van der Waals surface area contributed by atoms with Crippen molar-refractivity contribution in [3.05, 3.63) is 66.5 Å². The van der Waals surface area contributed by atoms with E-state index < -0.39 is 0 Å². The van der Waals surface area contributed by atoms with Gasteiger partial charge in [0.1, 0.15) is 0 Å². The molecule has 0 spiro atoms. The van der Waals surface area contributed by atoms with Crippen LogP contribution in [0.2, 0.25) is 0 Å². The highest BCUT2D eigenvalue weighted by atomic mass is 32.2. The number of hydrogen-bond donors (Lipinski definition) is 0. The van der Waals surface area contributed by atoms with Crippen molar-refractivity contribution in [2.75, 3.05) is 37.3 Å². The molecule has 28 heavy (non-hydrogen) atoms. The number of benzene rings is 1. The van der Waals surface area contributed by atoms with Gasteiger partial charge < -0.3 is 9.80 Å². The van der Waals surface area contributed by atoms with Crippen molar-refractivity contribution in [1.29, 1.82) is 0 Å². The van der Waals surface area contributed by atoms with Crippen LogP contribution in [0.4, 0.5) is 5.82 Å². The summed E-state index contributed by atoms with van der Waals surface area (Å²) >= 11 is 1.60. The number of nitrogens with zero attached hydrogens (tertiary/aromatic N) is 5. The summed E-state index contributed by atoms with van der Waals surface area (Å²) in [5.41, 5.74) is 2.61. The van der Waals surface area contributed by atoms with Gasteiger partial charge in [-0.1, -0.05) is 12.1 Å². The Morgan fingerprint density at radius 2 is 1.68 bits per heavy atom. The quantitative estimate of drug-likeness (QED) is 0.637. The van der Waals surface area contributed by atoms with Crippen LogP contribution in [0.3, 0.4) is 0 Å². The Balaban J connectivity index is 1.41. The Hall–Kier alpha value is -2.93. The van der Waals surface area contributed by atoms with E-state index in [1.807, 2.05) is 59.7 Å². The van der Waals surface area contributed by atoms with Gasteiger partial charge in [0.25, 0.3) is 5.91 Å². The van der Waals surface area contributed by atoms with Crippen LogP contribution < -0.4 is 4.90 Å². The second kappa shape index (κ2) is 8.39. The van der Waals surface area contributed by atoms with Gasteiger partial charge in [0.15, 0.2) is 5.82 Å². The van der Waals surface area contributed by atoms with Crippen LogP contribution in [0.1, 0.15) is 10.4 Å². The number of aromatic nitrogens is 3. The Kier molecular flexibility index (Phi) is 5.53. The van der Waals surface area contributed by atoms with Crippen LogP contribution in [0, 0.1) is 0 Å².